The van der Waals surface area contributed by atoms with Gasteiger partial charge < -0.3 is 5.32 Å². The Balaban J connectivity index is 2.18. The maximum absolute atomic E-state index is 4.60. The summed E-state index contributed by atoms with van der Waals surface area (Å²) >= 11 is 3.51. The zero-order valence-electron chi connectivity index (χ0n) is 10.6. The van der Waals surface area contributed by atoms with Crippen LogP contribution in [0.4, 0.5) is 0 Å². The minimum Gasteiger partial charge on any atom is -0.312 e. The standard InChI is InChI=1S/C12H17N3S2/c1-7-9(3)17-11(15-7)5-10(13-4)12-8(2)14-6-16-12/h6,10,13H,5H2,1-4H3. The van der Waals surface area contributed by atoms with Crippen LogP contribution in [0.2, 0.25) is 0 Å². The lowest BCUT2D eigenvalue weighted by Gasteiger charge is -2.13. The van der Waals surface area contributed by atoms with E-state index >= 15 is 0 Å². The second kappa shape index (κ2) is 5.25. The molecule has 2 rings (SSSR count). The van der Waals surface area contributed by atoms with E-state index < -0.39 is 0 Å². The fourth-order valence-electron chi connectivity index (χ4n) is 1.77. The van der Waals surface area contributed by atoms with Crippen molar-refractivity contribution < 1.29 is 0 Å². The molecule has 0 aromatic carbocycles. The Morgan fingerprint density at radius 1 is 1.29 bits per heavy atom. The highest BCUT2D eigenvalue weighted by Gasteiger charge is 2.17. The summed E-state index contributed by atoms with van der Waals surface area (Å²) in [6, 6.07) is 0.326. The van der Waals surface area contributed by atoms with Crippen molar-refractivity contribution in [3.8, 4) is 0 Å². The molecule has 0 aliphatic carbocycles. The molecule has 1 unspecified atom stereocenters. The van der Waals surface area contributed by atoms with E-state index in [4.69, 9.17) is 0 Å². The average Bonchev–Trinajstić information content (AvgIpc) is 2.83. The van der Waals surface area contributed by atoms with Gasteiger partial charge in [0.25, 0.3) is 0 Å². The van der Waals surface area contributed by atoms with Crippen molar-refractivity contribution in [3.63, 3.8) is 0 Å². The van der Waals surface area contributed by atoms with Crippen LogP contribution in [0, 0.1) is 20.8 Å². The molecule has 2 aromatic rings. The first-order valence-corrected chi connectivity index (χ1v) is 7.31. The number of likely N-dealkylation sites (N-methyl/N-ethyl adjacent to an activating group) is 1. The molecule has 0 aliphatic rings. The van der Waals surface area contributed by atoms with Gasteiger partial charge >= 0.3 is 0 Å². The molecule has 0 aliphatic heterocycles. The Hall–Kier alpha value is -0.780. The van der Waals surface area contributed by atoms with E-state index in [9.17, 15) is 0 Å². The number of rotatable bonds is 4. The van der Waals surface area contributed by atoms with Gasteiger partial charge in [0.1, 0.15) is 0 Å². The third-order valence-corrected chi connectivity index (χ3v) is 5.04. The molecule has 0 fully saturated rings. The number of aromatic nitrogens is 2. The summed E-state index contributed by atoms with van der Waals surface area (Å²) in [5.74, 6) is 0. The third-order valence-electron chi connectivity index (χ3n) is 2.90. The maximum atomic E-state index is 4.60. The first-order chi connectivity index (χ1) is 8.11. The molecule has 0 saturated carbocycles. The van der Waals surface area contributed by atoms with Crippen molar-refractivity contribution in [2.24, 2.45) is 0 Å². The lowest BCUT2D eigenvalue weighted by Crippen LogP contribution is -2.18. The van der Waals surface area contributed by atoms with Crippen LogP contribution in [0.1, 0.15) is 32.2 Å². The van der Waals surface area contributed by atoms with Crippen LogP contribution < -0.4 is 5.32 Å². The largest absolute Gasteiger partial charge is 0.312 e. The highest BCUT2D eigenvalue weighted by atomic mass is 32.1. The average molecular weight is 267 g/mol. The molecule has 17 heavy (non-hydrogen) atoms. The summed E-state index contributed by atoms with van der Waals surface area (Å²) in [5.41, 5.74) is 4.19. The van der Waals surface area contributed by atoms with Crippen LogP contribution in [0.25, 0.3) is 0 Å². The Morgan fingerprint density at radius 3 is 2.53 bits per heavy atom. The van der Waals surface area contributed by atoms with Crippen LogP contribution in [0.3, 0.4) is 0 Å². The van der Waals surface area contributed by atoms with E-state index in [1.165, 1.54) is 14.8 Å². The predicted octanol–water partition coefficient (Wildman–Crippen LogP) is 3.03. The Kier molecular flexibility index (Phi) is 3.91. The quantitative estimate of drug-likeness (QED) is 0.925. The molecule has 1 atom stereocenters. The summed E-state index contributed by atoms with van der Waals surface area (Å²) in [6.07, 6.45) is 0.943. The lowest BCUT2D eigenvalue weighted by molar-refractivity contribution is 0.595. The van der Waals surface area contributed by atoms with Crippen LogP contribution in [0.5, 0.6) is 0 Å². The Morgan fingerprint density at radius 2 is 2.06 bits per heavy atom. The van der Waals surface area contributed by atoms with Crippen molar-refractivity contribution in [2.75, 3.05) is 7.05 Å². The zero-order chi connectivity index (χ0) is 12.4. The highest BCUT2D eigenvalue weighted by Crippen LogP contribution is 2.27. The molecule has 92 valence electrons. The van der Waals surface area contributed by atoms with Gasteiger partial charge in [-0.3, -0.25) is 0 Å². The van der Waals surface area contributed by atoms with Gasteiger partial charge in [0.2, 0.25) is 0 Å². The minimum absolute atomic E-state index is 0.326. The molecular weight excluding hydrogens is 250 g/mol. The van der Waals surface area contributed by atoms with Crippen molar-refractivity contribution in [2.45, 2.75) is 33.2 Å². The molecule has 2 aromatic heterocycles. The highest BCUT2D eigenvalue weighted by molar-refractivity contribution is 7.11. The topological polar surface area (TPSA) is 37.8 Å². The fraction of sp³-hybridized carbons (Fsp3) is 0.500. The normalized spacial score (nSPS) is 12.9. The summed E-state index contributed by atoms with van der Waals surface area (Å²) in [6.45, 7) is 6.26. The van der Waals surface area contributed by atoms with E-state index in [-0.39, 0.29) is 0 Å². The number of nitrogens with zero attached hydrogens (tertiary/aromatic N) is 2. The predicted molar refractivity (Wildman–Crippen MR) is 73.9 cm³/mol. The first kappa shape index (κ1) is 12.7. The number of nitrogens with one attached hydrogen (secondary N) is 1. The van der Waals surface area contributed by atoms with Crippen LogP contribution >= 0.6 is 22.7 Å². The molecule has 0 saturated heterocycles. The fourth-order valence-corrected chi connectivity index (χ4v) is 3.66. The van der Waals surface area contributed by atoms with Crippen LogP contribution in [-0.2, 0) is 6.42 Å². The Labute approximate surface area is 110 Å². The molecule has 0 radical (unpaired) electrons. The molecule has 0 amide bonds. The van der Waals surface area contributed by atoms with E-state index in [0.29, 0.717) is 6.04 Å². The number of hydrogen-bond donors (Lipinski definition) is 1. The molecular formula is C12H17N3S2. The molecule has 2 heterocycles. The van der Waals surface area contributed by atoms with Gasteiger partial charge in [0, 0.05) is 22.2 Å². The number of hydrogen-bond acceptors (Lipinski definition) is 5. The minimum atomic E-state index is 0.326. The van der Waals surface area contributed by atoms with E-state index in [0.717, 1.165) is 17.8 Å². The van der Waals surface area contributed by atoms with E-state index in [1.807, 2.05) is 12.6 Å². The van der Waals surface area contributed by atoms with Gasteiger partial charge in [-0.25, -0.2) is 9.97 Å². The molecule has 0 bridgehead atoms. The lowest BCUT2D eigenvalue weighted by atomic mass is 10.1. The van der Waals surface area contributed by atoms with E-state index in [1.54, 1.807) is 22.7 Å². The van der Waals surface area contributed by atoms with Crippen molar-refractivity contribution in [3.05, 3.63) is 31.7 Å². The molecule has 3 nitrogen and oxygen atoms in total. The zero-order valence-corrected chi connectivity index (χ0v) is 12.2. The van der Waals surface area contributed by atoms with Gasteiger partial charge in [-0.2, -0.15) is 0 Å². The number of aryl methyl sites for hydroxylation is 3. The van der Waals surface area contributed by atoms with Crippen molar-refractivity contribution >= 4 is 22.7 Å². The third kappa shape index (κ3) is 2.73. The van der Waals surface area contributed by atoms with Gasteiger partial charge in [-0.05, 0) is 27.8 Å². The van der Waals surface area contributed by atoms with E-state index in [2.05, 4.69) is 36.1 Å². The summed E-state index contributed by atoms with van der Waals surface area (Å²) in [5, 5.41) is 4.56. The maximum Gasteiger partial charge on any atom is 0.0950 e. The van der Waals surface area contributed by atoms with Gasteiger partial charge in [-0.15, -0.1) is 22.7 Å². The summed E-state index contributed by atoms with van der Waals surface area (Å²) < 4.78 is 0. The number of thiazole rings is 2. The summed E-state index contributed by atoms with van der Waals surface area (Å²) in [4.78, 5) is 11.5. The van der Waals surface area contributed by atoms with Gasteiger partial charge in [0.05, 0.1) is 21.9 Å². The SMILES string of the molecule is CNC(Cc1nc(C)c(C)s1)c1scnc1C. The van der Waals surface area contributed by atoms with Crippen molar-refractivity contribution in [1.29, 1.82) is 0 Å². The van der Waals surface area contributed by atoms with Crippen molar-refractivity contribution in [1.82, 2.24) is 15.3 Å². The van der Waals surface area contributed by atoms with Gasteiger partial charge in [0.15, 0.2) is 0 Å². The molecule has 1 N–H and O–H groups in total. The Bertz CT molecular complexity index is 482. The summed E-state index contributed by atoms with van der Waals surface area (Å²) in [7, 11) is 2.00. The van der Waals surface area contributed by atoms with Crippen LogP contribution in [-0.4, -0.2) is 17.0 Å². The second-order valence-corrected chi connectivity index (χ2v) is 6.27. The molecule has 5 heteroatoms. The monoisotopic (exact) mass is 267 g/mol. The first-order valence-electron chi connectivity index (χ1n) is 5.62. The second-order valence-electron chi connectivity index (χ2n) is 4.10. The molecule has 0 spiro atoms. The van der Waals surface area contributed by atoms with Crippen LogP contribution in [0.15, 0.2) is 5.51 Å². The smallest absolute Gasteiger partial charge is 0.0950 e. The van der Waals surface area contributed by atoms with Gasteiger partial charge in [-0.1, -0.05) is 0 Å².